The molecule has 1 heterocycles. The highest BCUT2D eigenvalue weighted by Crippen LogP contribution is 2.33. The second-order valence-corrected chi connectivity index (χ2v) is 4.42. The topological polar surface area (TPSA) is 68.9 Å². The van der Waals surface area contributed by atoms with E-state index >= 15 is 0 Å². The minimum absolute atomic E-state index is 0.0162. The third-order valence-electron chi connectivity index (χ3n) is 2.77. The second-order valence-electron chi connectivity index (χ2n) is 3.98. The molecular formula is C14H13ClO5. The predicted molar refractivity (Wildman–Crippen MR) is 72.1 cm³/mol. The summed E-state index contributed by atoms with van der Waals surface area (Å²) in [6.45, 7) is 0. The number of hydrogen-bond donors (Lipinski definition) is 1. The Morgan fingerprint density at radius 2 is 2.05 bits per heavy atom. The first-order chi connectivity index (χ1) is 9.56. The molecule has 5 nitrogen and oxygen atoms in total. The Bertz CT molecular complexity index is 620. The van der Waals surface area contributed by atoms with Crippen molar-refractivity contribution in [3.8, 4) is 5.75 Å². The fourth-order valence-electron chi connectivity index (χ4n) is 1.78. The van der Waals surface area contributed by atoms with Crippen molar-refractivity contribution in [2.75, 3.05) is 14.2 Å². The number of carbonyl (C=O) groups is 1. The van der Waals surface area contributed by atoms with Gasteiger partial charge >= 0.3 is 5.97 Å². The van der Waals surface area contributed by atoms with E-state index in [1.54, 1.807) is 18.2 Å². The van der Waals surface area contributed by atoms with E-state index < -0.39 is 12.1 Å². The van der Waals surface area contributed by atoms with E-state index in [2.05, 4.69) is 4.74 Å². The first-order valence-electron chi connectivity index (χ1n) is 5.76. The van der Waals surface area contributed by atoms with Crippen molar-refractivity contribution in [3.63, 3.8) is 0 Å². The van der Waals surface area contributed by atoms with Crippen LogP contribution in [0.5, 0.6) is 5.75 Å². The van der Waals surface area contributed by atoms with E-state index in [1.165, 1.54) is 26.4 Å². The molecule has 0 radical (unpaired) electrons. The Labute approximate surface area is 120 Å². The lowest BCUT2D eigenvalue weighted by Crippen LogP contribution is -2.02. The highest BCUT2D eigenvalue weighted by atomic mass is 35.5. The van der Waals surface area contributed by atoms with Crippen molar-refractivity contribution < 1.29 is 23.8 Å². The van der Waals surface area contributed by atoms with Crippen molar-refractivity contribution in [1.29, 1.82) is 0 Å². The zero-order valence-electron chi connectivity index (χ0n) is 10.9. The summed E-state index contributed by atoms with van der Waals surface area (Å²) in [5, 5.41) is 10.8. The van der Waals surface area contributed by atoms with Gasteiger partial charge in [0.15, 0.2) is 0 Å². The van der Waals surface area contributed by atoms with Crippen LogP contribution in [0.25, 0.3) is 0 Å². The van der Waals surface area contributed by atoms with E-state index in [0.717, 1.165) is 0 Å². The summed E-state index contributed by atoms with van der Waals surface area (Å²) >= 11 is 5.91. The Balaban J connectivity index is 2.36. The molecule has 0 saturated heterocycles. The Morgan fingerprint density at radius 3 is 2.70 bits per heavy atom. The van der Waals surface area contributed by atoms with Gasteiger partial charge in [0.1, 0.15) is 17.6 Å². The van der Waals surface area contributed by atoms with Gasteiger partial charge in [0.2, 0.25) is 5.76 Å². The molecule has 106 valence electrons. The lowest BCUT2D eigenvalue weighted by atomic mass is 10.1. The monoisotopic (exact) mass is 296 g/mol. The van der Waals surface area contributed by atoms with Gasteiger partial charge in [-0.1, -0.05) is 11.6 Å². The average molecular weight is 297 g/mol. The van der Waals surface area contributed by atoms with Gasteiger partial charge in [0, 0.05) is 10.6 Å². The number of furan rings is 1. The van der Waals surface area contributed by atoms with Gasteiger partial charge in [-0.25, -0.2) is 4.79 Å². The zero-order chi connectivity index (χ0) is 14.7. The quantitative estimate of drug-likeness (QED) is 0.879. The van der Waals surface area contributed by atoms with Crippen molar-refractivity contribution >= 4 is 17.6 Å². The highest BCUT2D eigenvalue weighted by Gasteiger charge is 2.21. The summed E-state index contributed by atoms with van der Waals surface area (Å²) in [6, 6.07) is 7.80. The molecule has 0 fully saturated rings. The predicted octanol–water partition coefficient (Wildman–Crippen LogP) is 2.81. The summed E-state index contributed by atoms with van der Waals surface area (Å²) in [5.41, 5.74) is 0.450. The third-order valence-corrected chi connectivity index (χ3v) is 3.00. The molecule has 2 rings (SSSR count). The standard InChI is InChI=1S/C14H13ClO5/c1-18-10-4-3-8(15)7-9(10)13(16)11-5-6-12(20-11)14(17)19-2/h3-7,13,16H,1-2H3. The van der Waals surface area contributed by atoms with E-state index in [-0.39, 0.29) is 11.5 Å². The first kappa shape index (κ1) is 14.4. The summed E-state index contributed by atoms with van der Waals surface area (Å²) in [6.07, 6.45) is -1.10. The van der Waals surface area contributed by atoms with Crippen LogP contribution < -0.4 is 4.74 Å². The molecule has 1 atom stereocenters. The number of carbonyl (C=O) groups excluding carboxylic acids is 1. The van der Waals surface area contributed by atoms with Crippen molar-refractivity contribution in [2.45, 2.75) is 6.10 Å². The van der Waals surface area contributed by atoms with E-state index in [9.17, 15) is 9.90 Å². The molecule has 0 spiro atoms. The maximum absolute atomic E-state index is 11.3. The van der Waals surface area contributed by atoms with Crippen LogP contribution in [0.4, 0.5) is 0 Å². The van der Waals surface area contributed by atoms with Crippen LogP contribution in [0.1, 0.15) is 28.0 Å². The number of esters is 1. The van der Waals surface area contributed by atoms with E-state index in [4.69, 9.17) is 20.8 Å². The molecule has 0 aliphatic rings. The number of aliphatic hydroxyl groups is 1. The summed E-state index contributed by atoms with van der Waals surface area (Å²) in [5.74, 6) is 0.0768. The number of methoxy groups -OCH3 is 2. The van der Waals surface area contributed by atoms with Crippen LogP contribution in [0.15, 0.2) is 34.7 Å². The SMILES string of the molecule is COC(=O)c1ccc(C(O)c2cc(Cl)ccc2OC)o1. The Hall–Kier alpha value is -1.98. The molecule has 1 unspecified atom stereocenters. The first-order valence-corrected chi connectivity index (χ1v) is 6.14. The molecule has 0 bridgehead atoms. The number of aliphatic hydroxyl groups excluding tert-OH is 1. The fourth-order valence-corrected chi connectivity index (χ4v) is 1.96. The molecule has 6 heteroatoms. The molecule has 0 aliphatic heterocycles. The zero-order valence-corrected chi connectivity index (χ0v) is 11.7. The summed E-state index contributed by atoms with van der Waals surface area (Å²) < 4.78 is 15.0. The van der Waals surface area contributed by atoms with Crippen LogP contribution in [0, 0.1) is 0 Å². The normalized spacial score (nSPS) is 12.0. The molecule has 0 amide bonds. The Morgan fingerprint density at radius 1 is 1.30 bits per heavy atom. The molecule has 20 heavy (non-hydrogen) atoms. The van der Waals surface area contributed by atoms with Crippen LogP contribution >= 0.6 is 11.6 Å². The minimum Gasteiger partial charge on any atom is -0.496 e. The lowest BCUT2D eigenvalue weighted by molar-refractivity contribution is 0.0558. The molecule has 2 aromatic rings. The van der Waals surface area contributed by atoms with Gasteiger partial charge in [-0.3, -0.25) is 0 Å². The second kappa shape index (κ2) is 5.98. The van der Waals surface area contributed by atoms with Gasteiger partial charge in [-0.2, -0.15) is 0 Å². The summed E-state index contributed by atoms with van der Waals surface area (Å²) in [7, 11) is 2.74. The molecule has 0 saturated carbocycles. The van der Waals surface area contributed by atoms with E-state index in [0.29, 0.717) is 16.3 Å². The van der Waals surface area contributed by atoms with Crippen molar-refractivity contribution in [3.05, 3.63) is 52.4 Å². The molecular weight excluding hydrogens is 284 g/mol. The average Bonchev–Trinajstić information content (AvgIpc) is 2.95. The van der Waals surface area contributed by atoms with Gasteiger partial charge in [0.25, 0.3) is 0 Å². The molecule has 0 aliphatic carbocycles. The fraction of sp³-hybridized carbons (Fsp3) is 0.214. The van der Waals surface area contributed by atoms with Crippen LogP contribution in [-0.2, 0) is 4.74 Å². The van der Waals surface area contributed by atoms with Crippen LogP contribution in [0.2, 0.25) is 5.02 Å². The molecule has 1 aromatic heterocycles. The van der Waals surface area contributed by atoms with Gasteiger partial charge in [-0.05, 0) is 30.3 Å². The number of hydrogen-bond acceptors (Lipinski definition) is 5. The maximum atomic E-state index is 11.3. The van der Waals surface area contributed by atoms with Gasteiger partial charge in [0.05, 0.1) is 14.2 Å². The number of ether oxygens (including phenoxy) is 2. The largest absolute Gasteiger partial charge is 0.496 e. The minimum atomic E-state index is -1.10. The van der Waals surface area contributed by atoms with Gasteiger partial charge < -0.3 is 19.0 Å². The third kappa shape index (κ3) is 2.79. The summed E-state index contributed by atoms with van der Waals surface area (Å²) in [4.78, 5) is 11.3. The number of halogens is 1. The lowest BCUT2D eigenvalue weighted by Gasteiger charge is -2.13. The number of rotatable bonds is 4. The van der Waals surface area contributed by atoms with Crippen molar-refractivity contribution in [1.82, 2.24) is 0 Å². The number of benzene rings is 1. The van der Waals surface area contributed by atoms with E-state index in [1.807, 2.05) is 0 Å². The maximum Gasteiger partial charge on any atom is 0.373 e. The van der Waals surface area contributed by atoms with Gasteiger partial charge in [-0.15, -0.1) is 0 Å². The smallest absolute Gasteiger partial charge is 0.373 e. The van der Waals surface area contributed by atoms with Crippen molar-refractivity contribution in [2.24, 2.45) is 0 Å². The molecule has 1 N–H and O–H groups in total. The highest BCUT2D eigenvalue weighted by molar-refractivity contribution is 6.30. The molecule has 1 aromatic carbocycles. The van der Waals surface area contributed by atoms with Crippen LogP contribution in [0.3, 0.4) is 0 Å². The Kier molecular flexibility index (Phi) is 4.32. The van der Waals surface area contributed by atoms with Crippen LogP contribution in [-0.4, -0.2) is 25.3 Å².